The van der Waals surface area contributed by atoms with Gasteiger partial charge in [0, 0.05) is 18.3 Å². The van der Waals surface area contributed by atoms with Crippen LogP contribution in [0.3, 0.4) is 0 Å². The number of hydrogen-bond acceptors (Lipinski definition) is 2. The van der Waals surface area contributed by atoms with Crippen LogP contribution in [0.5, 0.6) is 0 Å². The molecule has 0 aromatic carbocycles. The molecule has 0 saturated carbocycles. The number of aliphatic imine (C=N–C) groups is 1. The molecule has 1 unspecified atom stereocenters. The molecule has 0 saturated heterocycles. The molecule has 0 radical (unpaired) electrons. The van der Waals surface area contributed by atoms with Gasteiger partial charge in [0.15, 0.2) is 0 Å². The van der Waals surface area contributed by atoms with Crippen molar-refractivity contribution in [3.05, 3.63) is 11.8 Å². The molecule has 0 spiro atoms. The minimum Gasteiger partial charge on any atom is -0.388 e. The van der Waals surface area contributed by atoms with E-state index in [2.05, 4.69) is 4.99 Å². The monoisotopic (exact) mass is 125 g/mol. The highest BCUT2D eigenvalue weighted by Crippen LogP contribution is 2.11. The van der Waals surface area contributed by atoms with Gasteiger partial charge in [-0.3, -0.25) is 4.99 Å². The zero-order valence-electron chi connectivity index (χ0n) is 5.76. The first kappa shape index (κ1) is 6.49. The molecule has 0 fully saturated rings. The first-order valence-electron chi connectivity index (χ1n) is 3.08. The fourth-order valence-electron chi connectivity index (χ4n) is 0.792. The smallest absolute Gasteiger partial charge is 0.0817 e. The predicted octanol–water partition coefficient (Wildman–Crippen LogP) is 1.12. The summed E-state index contributed by atoms with van der Waals surface area (Å²) in [4.78, 5) is 4.06. The number of hydrogen-bond donors (Lipinski definition) is 1. The third-order valence-electron chi connectivity index (χ3n) is 1.50. The lowest BCUT2D eigenvalue weighted by molar-refractivity contribution is 0.217. The Hall–Kier alpha value is -0.630. The second-order valence-corrected chi connectivity index (χ2v) is 2.46. The zero-order chi connectivity index (χ0) is 6.85. The maximum absolute atomic E-state index is 9.20. The van der Waals surface area contributed by atoms with Crippen molar-refractivity contribution < 1.29 is 5.11 Å². The van der Waals surface area contributed by atoms with E-state index in [1.807, 2.05) is 13.8 Å². The normalized spacial score (nSPS) is 27.2. The van der Waals surface area contributed by atoms with E-state index < -0.39 is 0 Å². The van der Waals surface area contributed by atoms with Crippen LogP contribution < -0.4 is 0 Å². The summed E-state index contributed by atoms with van der Waals surface area (Å²) < 4.78 is 0. The molecule has 1 N–H and O–H groups in total. The molecule has 9 heavy (non-hydrogen) atoms. The highest BCUT2D eigenvalue weighted by atomic mass is 16.3. The lowest BCUT2D eigenvalue weighted by atomic mass is 10.1. The van der Waals surface area contributed by atoms with Crippen LogP contribution in [-0.2, 0) is 0 Å². The second-order valence-electron chi connectivity index (χ2n) is 2.46. The van der Waals surface area contributed by atoms with Gasteiger partial charge in [-0.25, -0.2) is 0 Å². The minimum atomic E-state index is -0.289. The third kappa shape index (κ3) is 1.39. The molecule has 1 atom stereocenters. The first-order valence-corrected chi connectivity index (χ1v) is 3.08. The lowest BCUT2D eigenvalue weighted by Crippen LogP contribution is -2.15. The summed E-state index contributed by atoms with van der Waals surface area (Å²) in [6, 6.07) is 0. The van der Waals surface area contributed by atoms with Gasteiger partial charge in [0.25, 0.3) is 0 Å². The third-order valence-corrected chi connectivity index (χ3v) is 1.50. The summed E-state index contributed by atoms with van der Waals surface area (Å²) in [5, 5.41) is 9.20. The van der Waals surface area contributed by atoms with E-state index in [4.69, 9.17) is 0 Å². The molecule has 2 heteroatoms. The molecule has 0 aromatic rings. The SMILES string of the molecule is CC1=CN=C(C)CC1O. The van der Waals surface area contributed by atoms with Crippen molar-refractivity contribution in [1.82, 2.24) is 0 Å². The van der Waals surface area contributed by atoms with E-state index in [0.29, 0.717) is 6.42 Å². The van der Waals surface area contributed by atoms with Crippen LogP contribution >= 0.6 is 0 Å². The van der Waals surface area contributed by atoms with Gasteiger partial charge in [-0.1, -0.05) is 0 Å². The standard InChI is InChI=1S/C7H11NO/c1-5-4-8-6(2)3-7(5)9/h4,7,9H,3H2,1-2H3. The first-order chi connectivity index (χ1) is 4.20. The summed E-state index contributed by atoms with van der Waals surface area (Å²) in [6.45, 7) is 3.81. The van der Waals surface area contributed by atoms with Crippen molar-refractivity contribution in [2.24, 2.45) is 4.99 Å². The molecule has 50 valence electrons. The quantitative estimate of drug-likeness (QED) is 0.517. The molecule has 0 aliphatic carbocycles. The summed E-state index contributed by atoms with van der Waals surface area (Å²) in [5.74, 6) is 0. The van der Waals surface area contributed by atoms with Crippen LogP contribution in [0.15, 0.2) is 16.8 Å². The van der Waals surface area contributed by atoms with E-state index in [-0.39, 0.29) is 6.10 Å². The van der Waals surface area contributed by atoms with Gasteiger partial charge in [0.1, 0.15) is 0 Å². The molecular weight excluding hydrogens is 114 g/mol. The van der Waals surface area contributed by atoms with E-state index >= 15 is 0 Å². The number of aliphatic hydroxyl groups excluding tert-OH is 1. The van der Waals surface area contributed by atoms with E-state index in [1.54, 1.807) is 6.20 Å². The maximum Gasteiger partial charge on any atom is 0.0817 e. The molecule has 0 amide bonds. The van der Waals surface area contributed by atoms with Crippen LogP contribution in [0.1, 0.15) is 20.3 Å². The summed E-state index contributed by atoms with van der Waals surface area (Å²) in [5.41, 5.74) is 1.97. The highest BCUT2D eigenvalue weighted by molar-refractivity contribution is 5.84. The molecule has 0 bridgehead atoms. The average Bonchev–Trinajstić information content (AvgIpc) is 1.80. The van der Waals surface area contributed by atoms with E-state index in [0.717, 1.165) is 11.3 Å². The Morgan fingerprint density at radius 2 is 2.33 bits per heavy atom. The number of aliphatic hydroxyl groups is 1. The Balaban J connectivity index is 2.74. The highest BCUT2D eigenvalue weighted by Gasteiger charge is 2.10. The minimum absolute atomic E-state index is 0.289. The maximum atomic E-state index is 9.20. The summed E-state index contributed by atoms with van der Waals surface area (Å²) >= 11 is 0. The average molecular weight is 125 g/mol. The van der Waals surface area contributed by atoms with Gasteiger partial charge in [0.2, 0.25) is 0 Å². The largest absolute Gasteiger partial charge is 0.388 e. The molecule has 1 rings (SSSR count). The Labute approximate surface area is 54.9 Å². The zero-order valence-corrected chi connectivity index (χ0v) is 5.76. The Kier molecular flexibility index (Phi) is 1.67. The summed E-state index contributed by atoms with van der Waals surface area (Å²) in [6.07, 6.45) is 2.13. The molecule has 1 heterocycles. The van der Waals surface area contributed by atoms with E-state index in [9.17, 15) is 5.11 Å². The van der Waals surface area contributed by atoms with Gasteiger partial charge >= 0.3 is 0 Å². The number of nitrogens with zero attached hydrogens (tertiary/aromatic N) is 1. The van der Waals surface area contributed by atoms with Crippen LogP contribution in [0.2, 0.25) is 0 Å². The number of rotatable bonds is 0. The Morgan fingerprint density at radius 1 is 1.67 bits per heavy atom. The van der Waals surface area contributed by atoms with Crippen molar-refractivity contribution in [3.8, 4) is 0 Å². The van der Waals surface area contributed by atoms with Crippen molar-refractivity contribution in [1.29, 1.82) is 0 Å². The molecule has 1 aliphatic rings. The van der Waals surface area contributed by atoms with Crippen molar-refractivity contribution in [3.63, 3.8) is 0 Å². The van der Waals surface area contributed by atoms with E-state index in [1.165, 1.54) is 0 Å². The molecular formula is C7H11NO. The predicted molar refractivity (Wildman–Crippen MR) is 37.5 cm³/mol. The van der Waals surface area contributed by atoms with Gasteiger partial charge in [-0.05, 0) is 19.4 Å². The molecule has 2 nitrogen and oxygen atoms in total. The van der Waals surface area contributed by atoms with Gasteiger partial charge in [-0.2, -0.15) is 0 Å². The topological polar surface area (TPSA) is 32.6 Å². The Bertz CT molecular complexity index is 170. The molecule has 1 aliphatic heterocycles. The van der Waals surface area contributed by atoms with Gasteiger partial charge in [-0.15, -0.1) is 0 Å². The van der Waals surface area contributed by atoms with Crippen molar-refractivity contribution in [2.75, 3.05) is 0 Å². The Morgan fingerprint density at radius 3 is 2.78 bits per heavy atom. The molecule has 0 aromatic heterocycles. The fraction of sp³-hybridized carbons (Fsp3) is 0.571. The lowest BCUT2D eigenvalue weighted by Gasteiger charge is -2.13. The van der Waals surface area contributed by atoms with Crippen molar-refractivity contribution in [2.45, 2.75) is 26.4 Å². The second kappa shape index (κ2) is 2.31. The van der Waals surface area contributed by atoms with Crippen molar-refractivity contribution >= 4 is 5.71 Å². The summed E-state index contributed by atoms with van der Waals surface area (Å²) in [7, 11) is 0. The van der Waals surface area contributed by atoms with Crippen LogP contribution in [-0.4, -0.2) is 16.9 Å². The fourth-order valence-corrected chi connectivity index (χ4v) is 0.792. The van der Waals surface area contributed by atoms with Crippen LogP contribution in [0.4, 0.5) is 0 Å². The van der Waals surface area contributed by atoms with Crippen LogP contribution in [0, 0.1) is 0 Å². The van der Waals surface area contributed by atoms with Gasteiger partial charge < -0.3 is 5.11 Å². The van der Waals surface area contributed by atoms with Crippen LogP contribution in [0.25, 0.3) is 0 Å². The van der Waals surface area contributed by atoms with Gasteiger partial charge in [0.05, 0.1) is 6.10 Å².